The zero-order chi connectivity index (χ0) is 12.1. The van der Waals surface area contributed by atoms with Crippen molar-refractivity contribution in [2.24, 2.45) is 0 Å². The Labute approximate surface area is 99.6 Å². The van der Waals surface area contributed by atoms with Crippen LogP contribution in [0.3, 0.4) is 0 Å². The fourth-order valence-corrected chi connectivity index (χ4v) is 1.45. The van der Waals surface area contributed by atoms with E-state index in [4.69, 9.17) is 5.11 Å². The monoisotopic (exact) mass is 288 g/mol. The lowest BCUT2D eigenvalue weighted by molar-refractivity contribution is -0.384. The Morgan fingerprint density at radius 2 is 2.25 bits per heavy atom. The molecular formula is C9H9BrN2O4. The molecule has 1 aromatic rings. The molecule has 0 unspecified atom stereocenters. The van der Waals surface area contributed by atoms with Gasteiger partial charge < -0.3 is 10.4 Å². The number of carboxylic acids is 1. The minimum absolute atomic E-state index is 0.0407. The lowest BCUT2D eigenvalue weighted by Crippen LogP contribution is -2.08. The van der Waals surface area contributed by atoms with Gasteiger partial charge in [-0.15, -0.1) is 0 Å². The van der Waals surface area contributed by atoms with Crippen molar-refractivity contribution in [1.82, 2.24) is 0 Å². The zero-order valence-electron chi connectivity index (χ0n) is 8.14. The molecule has 0 atom stereocenters. The van der Waals surface area contributed by atoms with Gasteiger partial charge in [-0.2, -0.15) is 0 Å². The molecule has 0 fully saturated rings. The van der Waals surface area contributed by atoms with Crippen molar-refractivity contribution >= 4 is 33.3 Å². The number of non-ortho nitro benzene ring substituents is 1. The molecule has 0 radical (unpaired) electrons. The lowest BCUT2D eigenvalue weighted by Gasteiger charge is -2.06. The fraction of sp³-hybridized carbons (Fsp3) is 0.222. The Morgan fingerprint density at radius 1 is 1.56 bits per heavy atom. The minimum Gasteiger partial charge on any atom is -0.481 e. The van der Waals surface area contributed by atoms with Crippen LogP contribution in [0.25, 0.3) is 0 Å². The van der Waals surface area contributed by atoms with E-state index in [-0.39, 0.29) is 18.7 Å². The average Bonchev–Trinajstić information content (AvgIpc) is 2.20. The topological polar surface area (TPSA) is 92.5 Å². The summed E-state index contributed by atoms with van der Waals surface area (Å²) < 4.78 is 0.656. The molecule has 0 spiro atoms. The number of nitro benzene ring substituents is 1. The summed E-state index contributed by atoms with van der Waals surface area (Å²) in [5, 5.41) is 21.8. The van der Waals surface area contributed by atoms with Gasteiger partial charge in [-0.1, -0.05) is 0 Å². The Balaban J connectivity index is 2.74. The standard InChI is InChI=1S/C9H9BrN2O4/c10-7-2-1-6(12(15)16)5-8(7)11-4-3-9(13)14/h1-2,5,11H,3-4H2,(H,13,14). The predicted octanol–water partition coefficient (Wildman–Crippen LogP) is 2.24. The predicted molar refractivity (Wildman–Crippen MR) is 61.5 cm³/mol. The summed E-state index contributed by atoms with van der Waals surface area (Å²) in [6.45, 7) is 0.217. The van der Waals surface area contributed by atoms with Gasteiger partial charge in [0.2, 0.25) is 0 Å². The third-order valence-electron chi connectivity index (χ3n) is 1.82. The quantitative estimate of drug-likeness (QED) is 0.640. The maximum Gasteiger partial charge on any atom is 0.305 e. The molecule has 0 saturated carbocycles. The van der Waals surface area contributed by atoms with Crippen molar-refractivity contribution in [3.8, 4) is 0 Å². The van der Waals surface area contributed by atoms with Crippen LogP contribution in [0.4, 0.5) is 11.4 Å². The Bertz CT molecular complexity index is 422. The summed E-state index contributed by atoms with van der Waals surface area (Å²) in [4.78, 5) is 20.3. The van der Waals surface area contributed by atoms with E-state index >= 15 is 0 Å². The van der Waals surface area contributed by atoms with Crippen LogP contribution in [-0.2, 0) is 4.79 Å². The summed E-state index contributed by atoms with van der Waals surface area (Å²) >= 11 is 3.21. The van der Waals surface area contributed by atoms with Crippen molar-refractivity contribution in [3.63, 3.8) is 0 Å². The highest BCUT2D eigenvalue weighted by molar-refractivity contribution is 9.10. The molecule has 0 bridgehead atoms. The maximum absolute atomic E-state index is 10.5. The largest absolute Gasteiger partial charge is 0.481 e. The van der Waals surface area contributed by atoms with Crippen molar-refractivity contribution < 1.29 is 14.8 Å². The first-order valence-corrected chi connectivity index (χ1v) is 5.19. The highest BCUT2D eigenvalue weighted by Gasteiger charge is 2.09. The molecule has 0 saturated heterocycles. The molecular weight excluding hydrogens is 280 g/mol. The lowest BCUT2D eigenvalue weighted by atomic mass is 10.2. The number of hydrogen-bond acceptors (Lipinski definition) is 4. The number of nitrogens with zero attached hydrogens (tertiary/aromatic N) is 1. The molecule has 1 rings (SSSR count). The first kappa shape index (κ1) is 12.4. The van der Waals surface area contributed by atoms with E-state index < -0.39 is 10.9 Å². The second-order valence-corrected chi connectivity index (χ2v) is 3.85. The molecule has 7 heteroatoms. The van der Waals surface area contributed by atoms with E-state index in [1.165, 1.54) is 12.1 Å². The maximum atomic E-state index is 10.5. The van der Waals surface area contributed by atoms with Crippen molar-refractivity contribution in [2.75, 3.05) is 11.9 Å². The summed E-state index contributed by atoms with van der Waals surface area (Å²) in [6, 6.07) is 4.26. The van der Waals surface area contributed by atoms with Crippen LogP contribution in [0.5, 0.6) is 0 Å². The average molecular weight is 289 g/mol. The molecule has 0 heterocycles. The number of carbonyl (C=O) groups is 1. The van der Waals surface area contributed by atoms with Gasteiger partial charge in [0.1, 0.15) is 0 Å². The normalized spacial score (nSPS) is 9.81. The van der Waals surface area contributed by atoms with E-state index in [2.05, 4.69) is 21.2 Å². The molecule has 0 aliphatic rings. The number of anilines is 1. The van der Waals surface area contributed by atoms with Gasteiger partial charge in [0.15, 0.2) is 0 Å². The van der Waals surface area contributed by atoms with E-state index in [0.29, 0.717) is 10.2 Å². The van der Waals surface area contributed by atoms with Crippen molar-refractivity contribution in [1.29, 1.82) is 0 Å². The smallest absolute Gasteiger partial charge is 0.305 e. The molecule has 16 heavy (non-hydrogen) atoms. The highest BCUT2D eigenvalue weighted by atomic mass is 79.9. The third-order valence-corrected chi connectivity index (χ3v) is 2.51. The van der Waals surface area contributed by atoms with E-state index in [0.717, 1.165) is 0 Å². The van der Waals surface area contributed by atoms with Crippen LogP contribution in [0.15, 0.2) is 22.7 Å². The van der Waals surface area contributed by atoms with E-state index in [1.807, 2.05) is 0 Å². The Hall–Kier alpha value is -1.63. The van der Waals surface area contributed by atoms with Crippen LogP contribution < -0.4 is 5.32 Å². The van der Waals surface area contributed by atoms with Gasteiger partial charge in [-0.25, -0.2) is 0 Å². The van der Waals surface area contributed by atoms with E-state index in [1.54, 1.807) is 6.07 Å². The van der Waals surface area contributed by atoms with Crippen LogP contribution in [0.1, 0.15) is 6.42 Å². The second kappa shape index (κ2) is 5.45. The van der Waals surface area contributed by atoms with Crippen LogP contribution in [0.2, 0.25) is 0 Å². The number of nitrogens with one attached hydrogen (secondary N) is 1. The van der Waals surface area contributed by atoms with Gasteiger partial charge in [0.05, 0.1) is 17.0 Å². The number of rotatable bonds is 5. The van der Waals surface area contributed by atoms with E-state index in [9.17, 15) is 14.9 Å². The van der Waals surface area contributed by atoms with Crippen LogP contribution in [-0.4, -0.2) is 22.5 Å². The number of benzene rings is 1. The van der Waals surface area contributed by atoms with Crippen LogP contribution in [0, 0.1) is 10.1 Å². The number of hydrogen-bond donors (Lipinski definition) is 2. The highest BCUT2D eigenvalue weighted by Crippen LogP contribution is 2.26. The zero-order valence-corrected chi connectivity index (χ0v) is 9.73. The van der Waals surface area contributed by atoms with Gasteiger partial charge in [0, 0.05) is 23.2 Å². The van der Waals surface area contributed by atoms with Crippen LogP contribution >= 0.6 is 15.9 Å². The second-order valence-electron chi connectivity index (χ2n) is 2.99. The summed E-state index contributed by atoms with van der Waals surface area (Å²) in [7, 11) is 0. The van der Waals surface area contributed by atoms with Gasteiger partial charge in [-0.3, -0.25) is 14.9 Å². The molecule has 0 aliphatic carbocycles. The first-order chi connectivity index (χ1) is 7.50. The third kappa shape index (κ3) is 3.50. The molecule has 2 N–H and O–H groups in total. The molecule has 6 nitrogen and oxygen atoms in total. The first-order valence-electron chi connectivity index (χ1n) is 4.40. The Morgan fingerprint density at radius 3 is 2.81 bits per heavy atom. The van der Waals surface area contributed by atoms with Gasteiger partial charge in [-0.05, 0) is 22.0 Å². The van der Waals surface area contributed by atoms with Crippen molar-refractivity contribution in [3.05, 3.63) is 32.8 Å². The number of aliphatic carboxylic acids is 1. The summed E-state index contributed by atoms with van der Waals surface area (Å²) in [5.74, 6) is -0.922. The summed E-state index contributed by atoms with van der Waals surface area (Å²) in [5.41, 5.74) is 0.469. The molecule has 86 valence electrons. The molecule has 0 aliphatic heterocycles. The van der Waals surface area contributed by atoms with Crippen molar-refractivity contribution in [2.45, 2.75) is 6.42 Å². The summed E-state index contributed by atoms with van der Waals surface area (Å²) in [6.07, 6.45) is -0.0465. The SMILES string of the molecule is O=C(O)CCNc1cc([N+](=O)[O-])ccc1Br. The van der Waals surface area contributed by atoms with Gasteiger partial charge in [0.25, 0.3) is 5.69 Å². The minimum atomic E-state index is -0.922. The Kier molecular flexibility index (Phi) is 4.24. The number of halogens is 1. The number of nitro groups is 1. The number of carboxylic acid groups (broad SMARTS) is 1. The van der Waals surface area contributed by atoms with Gasteiger partial charge >= 0.3 is 5.97 Å². The molecule has 0 amide bonds. The fourth-order valence-electron chi connectivity index (χ4n) is 1.07. The molecule has 1 aromatic carbocycles. The molecule has 0 aromatic heterocycles.